The van der Waals surface area contributed by atoms with E-state index in [1.54, 1.807) is 6.07 Å². The summed E-state index contributed by atoms with van der Waals surface area (Å²) in [6.07, 6.45) is 2.31. The van der Waals surface area contributed by atoms with Gasteiger partial charge in [-0.05, 0) is 37.1 Å². The van der Waals surface area contributed by atoms with E-state index in [-0.39, 0.29) is 12.1 Å². The van der Waals surface area contributed by atoms with Gasteiger partial charge in [0.05, 0.1) is 6.10 Å². The SMILES string of the molecule is O=C(Nc1ccccc1)Nc1cccc(OC[C@H]2CCCO2)c1. The number of anilines is 2. The van der Waals surface area contributed by atoms with Crippen LogP contribution in [-0.2, 0) is 4.74 Å². The van der Waals surface area contributed by atoms with E-state index in [0.29, 0.717) is 12.3 Å². The third-order valence-electron chi connectivity index (χ3n) is 3.58. The molecule has 1 aliphatic rings. The van der Waals surface area contributed by atoms with Crippen molar-refractivity contribution in [2.45, 2.75) is 18.9 Å². The van der Waals surface area contributed by atoms with Gasteiger partial charge in [-0.2, -0.15) is 0 Å². The molecule has 2 aromatic rings. The number of carbonyl (C=O) groups is 1. The Morgan fingerprint density at radius 3 is 2.65 bits per heavy atom. The maximum Gasteiger partial charge on any atom is 0.323 e. The Morgan fingerprint density at radius 1 is 1.09 bits per heavy atom. The average molecular weight is 312 g/mol. The van der Waals surface area contributed by atoms with Gasteiger partial charge in [0.1, 0.15) is 12.4 Å². The molecule has 5 heteroatoms. The van der Waals surface area contributed by atoms with Crippen LogP contribution >= 0.6 is 0 Å². The number of rotatable bonds is 5. The lowest BCUT2D eigenvalue weighted by atomic mass is 10.2. The Bertz CT molecular complexity index is 640. The van der Waals surface area contributed by atoms with Gasteiger partial charge in [0.15, 0.2) is 0 Å². The zero-order valence-electron chi connectivity index (χ0n) is 12.8. The first-order valence-electron chi connectivity index (χ1n) is 7.77. The van der Waals surface area contributed by atoms with E-state index < -0.39 is 0 Å². The van der Waals surface area contributed by atoms with Gasteiger partial charge in [-0.1, -0.05) is 24.3 Å². The van der Waals surface area contributed by atoms with Crippen LogP contribution in [0.25, 0.3) is 0 Å². The third-order valence-corrected chi connectivity index (χ3v) is 3.58. The highest BCUT2D eigenvalue weighted by Gasteiger charge is 2.16. The van der Waals surface area contributed by atoms with Crippen LogP contribution in [0.1, 0.15) is 12.8 Å². The zero-order valence-corrected chi connectivity index (χ0v) is 12.8. The molecule has 0 unspecified atom stereocenters. The molecule has 0 radical (unpaired) electrons. The molecule has 0 saturated carbocycles. The minimum absolute atomic E-state index is 0.174. The highest BCUT2D eigenvalue weighted by molar-refractivity contribution is 5.99. The van der Waals surface area contributed by atoms with Gasteiger partial charge >= 0.3 is 6.03 Å². The maximum absolute atomic E-state index is 12.0. The molecule has 0 aromatic heterocycles. The Morgan fingerprint density at radius 2 is 1.87 bits per heavy atom. The van der Waals surface area contributed by atoms with E-state index in [0.717, 1.165) is 30.9 Å². The van der Waals surface area contributed by atoms with Crippen LogP contribution in [0.5, 0.6) is 5.75 Å². The van der Waals surface area contributed by atoms with Gasteiger partial charge < -0.3 is 20.1 Å². The molecular weight excluding hydrogens is 292 g/mol. The number of hydrogen-bond acceptors (Lipinski definition) is 3. The molecule has 2 aromatic carbocycles. The van der Waals surface area contributed by atoms with Crippen LogP contribution in [0.2, 0.25) is 0 Å². The fourth-order valence-electron chi connectivity index (χ4n) is 2.44. The fraction of sp³-hybridized carbons (Fsp3) is 0.278. The summed E-state index contributed by atoms with van der Waals surface area (Å²) in [6.45, 7) is 1.36. The number of carbonyl (C=O) groups excluding carboxylic acids is 1. The lowest BCUT2D eigenvalue weighted by molar-refractivity contribution is 0.0680. The molecule has 2 N–H and O–H groups in total. The molecule has 1 aliphatic heterocycles. The van der Waals surface area contributed by atoms with Crippen LogP contribution in [-0.4, -0.2) is 25.3 Å². The van der Waals surface area contributed by atoms with Crippen molar-refractivity contribution >= 4 is 17.4 Å². The predicted octanol–water partition coefficient (Wildman–Crippen LogP) is 3.89. The molecule has 23 heavy (non-hydrogen) atoms. The van der Waals surface area contributed by atoms with Gasteiger partial charge in [0.25, 0.3) is 0 Å². The van der Waals surface area contributed by atoms with E-state index in [2.05, 4.69) is 10.6 Å². The van der Waals surface area contributed by atoms with Crippen LogP contribution in [0.3, 0.4) is 0 Å². The number of hydrogen-bond donors (Lipinski definition) is 2. The molecule has 1 heterocycles. The summed E-state index contributed by atoms with van der Waals surface area (Å²) in [7, 11) is 0. The molecular formula is C18H20N2O3. The maximum atomic E-state index is 12.0. The number of para-hydroxylation sites is 1. The monoisotopic (exact) mass is 312 g/mol. The highest BCUT2D eigenvalue weighted by atomic mass is 16.5. The lowest BCUT2D eigenvalue weighted by Gasteiger charge is -2.13. The summed E-state index contributed by atoms with van der Waals surface area (Å²) < 4.78 is 11.3. The van der Waals surface area contributed by atoms with E-state index in [4.69, 9.17) is 9.47 Å². The largest absolute Gasteiger partial charge is 0.491 e. The molecule has 1 atom stereocenters. The second-order valence-corrected chi connectivity index (χ2v) is 5.42. The number of amides is 2. The molecule has 3 rings (SSSR count). The Balaban J connectivity index is 1.53. The van der Waals surface area contributed by atoms with Crippen molar-refractivity contribution in [3.05, 3.63) is 54.6 Å². The van der Waals surface area contributed by atoms with Crippen LogP contribution in [0.4, 0.5) is 16.2 Å². The predicted molar refractivity (Wildman–Crippen MR) is 90.0 cm³/mol. The summed E-state index contributed by atoms with van der Waals surface area (Å²) >= 11 is 0. The summed E-state index contributed by atoms with van der Waals surface area (Å²) in [4.78, 5) is 12.0. The van der Waals surface area contributed by atoms with E-state index in [1.807, 2.05) is 48.5 Å². The summed E-state index contributed by atoms with van der Waals surface area (Å²) in [6, 6.07) is 16.4. The van der Waals surface area contributed by atoms with Crippen LogP contribution in [0, 0.1) is 0 Å². The number of nitrogens with one attached hydrogen (secondary N) is 2. The molecule has 120 valence electrons. The Hall–Kier alpha value is -2.53. The van der Waals surface area contributed by atoms with Crippen molar-refractivity contribution in [3.63, 3.8) is 0 Å². The third kappa shape index (κ3) is 4.72. The topological polar surface area (TPSA) is 59.6 Å². The number of benzene rings is 2. The molecule has 0 spiro atoms. The minimum atomic E-state index is -0.285. The standard InChI is InChI=1S/C18H20N2O3/c21-18(19-14-6-2-1-3-7-14)20-15-8-4-9-16(12-15)23-13-17-10-5-11-22-17/h1-4,6-9,12,17H,5,10-11,13H2,(H2,19,20,21)/t17-/m1/s1. The molecule has 0 bridgehead atoms. The highest BCUT2D eigenvalue weighted by Crippen LogP contribution is 2.20. The lowest BCUT2D eigenvalue weighted by Crippen LogP contribution is -2.19. The molecule has 2 amide bonds. The van der Waals surface area contributed by atoms with E-state index in [1.165, 1.54) is 0 Å². The normalized spacial score (nSPS) is 16.8. The second-order valence-electron chi connectivity index (χ2n) is 5.42. The van der Waals surface area contributed by atoms with Gasteiger partial charge in [0.2, 0.25) is 0 Å². The Kier molecular flexibility index (Phi) is 5.11. The van der Waals surface area contributed by atoms with Gasteiger partial charge in [-0.25, -0.2) is 4.79 Å². The Labute approximate surface area is 135 Å². The van der Waals surface area contributed by atoms with Crippen molar-refractivity contribution in [2.24, 2.45) is 0 Å². The average Bonchev–Trinajstić information content (AvgIpc) is 3.07. The number of urea groups is 1. The first kappa shape index (κ1) is 15.4. The van der Waals surface area contributed by atoms with Crippen molar-refractivity contribution in [3.8, 4) is 5.75 Å². The van der Waals surface area contributed by atoms with Gasteiger partial charge in [-0.3, -0.25) is 0 Å². The molecule has 5 nitrogen and oxygen atoms in total. The van der Waals surface area contributed by atoms with Gasteiger partial charge in [-0.15, -0.1) is 0 Å². The smallest absolute Gasteiger partial charge is 0.323 e. The van der Waals surface area contributed by atoms with E-state index >= 15 is 0 Å². The van der Waals surface area contributed by atoms with Crippen molar-refractivity contribution < 1.29 is 14.3 Å². The van der Waals surface area contributed by atoms with Crippen molar-refractivity contribution in [2.75, 3.05) is 23.8 Å². The first-order chi connectivity index (χ1) is 11.3. The zero-order chi connectivity index (χ0) is 15.9. The van der Waals surface area contributed by atoms with Crippen molar-refractivity contribution in [1.29, 1.82) is 0 Å². The van der Waals surface area contributed by atoms with Gasteiger partial charge in [0, 0.05) is 24.0 Å². The van der Waals surface area contributed by atoms with E-state index in [9.17, 15) is 4.79 Å². The summed E-state index contributed by atoms with van der Waals surface area (Å²) in [5, 5.41) is 5.57. The summed E-state index contributed by atoms with van der Waals surface area (Å²) in [5.41, 5.74) is 1.43. The second kappa shape index (κ2) is 7.65. The molecule has 1 fully saturated rings. The van der Waals surface area contributed by atoms with Crippen LogP contribution in [0.15, 0.2) is 54.6 Å². The quantitative estimate of drug-likeness (QED) is 0.880. The fourth-order valence-corrected chi connectivity index (χ4v) is 2.44. The summed E-state index contributed by atoms with van der Waals surface area (Å²) in [5.74, 6) is 0.720. The molecule has 0 aliphatic carbocycles. The first-order valence-corrected chi connectivity index (χ1v) is 7.77. The number of ether oxygens (including phenoxy) is 2. The molecule has 1 saturated heterocycles. The van der Waals surface area contributed by atoms with Crippen molar-refractivity contribution in [1.82, 2.24) is 0 Å². The van der Waals surface area contributed by atoms with Crippen LogP contribution < -0.4 is 15.4 Å². The minimum Gasteiger partial charge on any atom is -0.491 e.